The van der Waals surface area contributed by atoms with Crippen molar-refractivity contribution in [2.45, 2.75) is 13.0 Å². The van der Waals surface area contributed by atoms with Crippen molar-refractivity contribution < 1.29 is 10.2 Å². The van der Waals surface area contributed by atoms with Crippen molar-refractivity contribution in [2.75, 3.05) is 13.2 Å². The third kappa shape index (κ3) is 2.12. The third-order valence-electron chi connectivity index (χ3n) is 2.86. The van der Waals surface area contributed by atoms with E-state index in [2.05, 4.69) is 4.98 Å². The van der Waals surface area contributed by atoms with Gasteiger partial charge < -0.3 is 10.2 Å². The number of hydrogen-bond acceptors (Lipinski definition) is 4. The SMILES string of the molecule is Cc1cc(Cl)cc2c(=O)n(C(CO)CO)cnc12. The summed E-state index contributed by atoms with van der Waals surface area (Å²) in [5.41, 5.74) is 1.07. The highest BCUT2D eigenvalue weighted by Crippen LogP contribution is 2.19. The predicted molar refractivity (Wildman–Crippen MR) is 69.0 cm³/mol. The first kappa shape index (κ1) is 13.0. The van der Waals surface area contributed by atoms with Gasteiger partial charge in [-0.15, -0.1) is 0 Å². The number of halogens is 1. The summed E-state index contributed by atoms with van der Waals surface area (Å²) in [6.07, 6.45) is 1.34. The highest BCUT2D eigenvalue weighted by molar-refractivity contribution is 6.31. The number of aryl methyl sites for hydroxylation is 1. The van der Waals surface area contributed by atoms with Crippen molar-refractivity contribution in [1.82, 2.24) is 9.55 Å². The van der Waals surface area contributed by atoms with Crippen LogP contribution in [0.3, 0.4) is 0 Å². The summed E-state index contributed by atoms with van der Waals surface area (Å²) in [6, 6.07) is 2.59. The number of nitrogens with zero attached hydrogens (tertiary/aromatic N) is 2. The summed E-state index contributed by atoms with van der Waals surface area (Å²) < 4.78 is 1.22. The van der Waals surface area contributed by atoms with Crippen molar-refractivity contribution in [3.8, 4) is 0 Å². The van der Waals surface area contributed by atoms with Gasteiger partial charge in [-0.1, -0.05) is 11.6 Å². The maximum atomic E-state index is 12.2. The normalized spacial score (nSPS) is 11.4. The number of hydrogen-bond donors (Lipinski definition) is 2. The lowest BCUT2D eigenvalue weighted by Gasteiger charge is -2.15. The Kier molecular flexibility index (Phi) is 3.65. The summed E-state index contributed by atoms with van der Waals surface area (Å²) in [5.74, 6) is 0. The van der Waals surface area contributed by atoms with Crippen LogP contribution in [0.1, 0.15) is 11.6 Å². The smallest absolute Gasteiger partial charge is 0.261 e. The molecular formula is C12H13ClN2O3. The van der Waals surface area contributed by atoms with Crippen LogP contribution in [-0.2, 0) is 0 Å². The summed E-state index contributed by atoms with van der Waals surface area (Å²) in [5, 5.41) is 19.1. The molecule has 0 atom stereocenters. The fraction of sp³-hybridized carbons (Fsp3) is 0.333. The molecule has 2 rings (SSSR count). The summed E-state index contributed by atoms with van der Waals surface area (Å²) in [4.78, 5) is 16.4. The van der Waals surface area contributed by atoms with Crippen molar-refractivity contribution >= 4 is 22.5 Å². The van der Waals surface area contributed by atoms with Gasteiger partial charge in [0.25, 0.3) is 5.56 Å². The molecule has 0 amide bonds. The first-order valence-electron chi connectivity index (χ1n) is 5.47. The monoisotopic (exact) mass is 268 g/mol. The van der Waals surface area contributed by atoms with Gasteiger partial charge in [0.15, 0.2) is 0 Å². The largest absolute Gasteiger partial charge is 0.394 e. The van der Waals surface area contributed by atoms with Crippen LogP contribution in [0.5, 0.6) is 0 Å². The second kappa shape index (κ2) is 5.06. The van der Waals surface area contributed by atoms with E-state index in [1.807, 2.05) is 6.92 Å². The maximum absolute atomic E-state index is 12.2. The molecule has 1 aromatic heterocycles. The van der Waals surface area contributed by atoms with Crippen LogP contribution in [0.4, 0.5) is 0 Å². The molecule has 18 heavy (non-hydrogen) atoms. The Morgan fingerprint density at radius 2 is 2.06 bits per heavy atom. The lowest BCUT2D eigenvalue weighted by atomic mass is 10.1. The minimum atomic E-state index is -0.686. The van der Waals surface area contributed by atoms with Crippen LogP contribution < -0.4 is 5.56 Å². The predicted octanol–water partition coefficient (Wildman–Crippen LogP) is 0.884. The average molecular weight is 269 g/mol. The molecule has 1 aromatic carbocycles. The standard InChI is InChI=1S/C12H13ClN2O3/c1-7-2-8(13)3-10-11(7)14-6-15(12(10)18)9(4-16)5-17/h2-3,6,9,16-17H,4-5H2,1H3. The zero-order chi connectivity index (χ0) is 13.3. The number of rotatable bonds is 3. The molecule has 0 aliphatic rings. The van der Waals surface area contributed by atoms with Gasteiger partial charge in [-0.05, 0) is 24.6 Å². The van der Waals surface area contributed by atoms with Crippen molar-refractivity contribution in [2.24, 2.45) is 0 Å². The van der Waals surface area contributed by atoms with E-state index in [0.29, 0.717) is 15.9 Å². The first-order chi connectivity index (χ1) is 8.58. The average Bonchev–Trinajstić information content (AvgIpc) is 2.34. The molecule has 0 fully saturated rings. The van der Waals surface area contributed by atoms with E-state index in [0.717, 1.165) is 5.56 Å². The molecule has 0 aliphatic heterocycles. The van der Waals surface area contributed by atoms with E-state index < -0.39 is 6.04 Å². The highest BCUT2D eigenvalue weighted by atomic mass is 35.5. The minimum Gasteiger partial charge on any atom is -0.394 e. The number of aromatic nitrogens is 2. The fourth-order valence-corrected chi connectivity index (χ4v) is 2.15. The fourth-order valence-electron chi connectivity index (χ4n) is 1.88. The summed E-state index contributed by atoms with van der Waals surface area (Å²) >= 11 is 5.92. The van der Waals surface area contributed by atoms with Crippen molar-refractivity contribution in [3.05, 3.63) is 39.4 Å². The summed E-state index contributed by atoms with van der Waals surface area (Å²) in [6.45, 7) is 1.16. The molecule has 0 radical (unpaired) electrons. The molecule has 2 N–H and O–H groups in total. The maximum Gasteiger partial charge on any atom is 0.261 e. The van der Waals surface area contributed by atoms with E-state index in [9.17, 15) is 4.79 Å². The summed E-state index contributed by atoms with van der Waals surface area (Å²) in [7, 11) is 0. The molecule has 96 valence electrons. The van der Waals surface area contributed by atoms with Crippen LogP contribution in [0.15, 0.2) is 23.3 Å². The quantitative estimate of drug-likeness (QED) is 0.867. The van der Waals surface area contributed by atoms with E-state index in [1.165, 1.54) is 10.9 Å². The van der Waals surface area contributed by atoms with Gasteiger partial charge in [-0.3, -0.25) is 9.36 Å². The third-order valence-corrected chi connectivity index (χ3v) is 3.07. The van der Waals surface area contributed by atoms with E-state index in [1.54, 1.807) is 12.1 Å². The molecule has 1 heterocycles. The van der Waals surface area contributed by atoms with Crippen LogP contribution in [0.25, 0.3) is 10.9 Å². The van der Waals surface area contributed by atoms with Gasteiger partial charge in [0.05, 0.1) is 36.5 Å². The Labute approximate surface area is 108 Å². The zero-order valence-electron chi connectivity index (χ0n) is 9.80. The highest BCUT2D eigenvalue weighted by Gasteiger charge is 2.14. The minimum absolute atomic E-state index is 0.321. The van der Waals surface area contributed by atoms with E-state index in [4.69, 9.17) is 21.8 Å². The molecule has 5 nitrogen and oxygen atoms in total. The van der Waals surface area contributed by atoms with Gasteiger partial charge in [-0.2, -0.15) is 0 Å². The zero-order valence-corrected chi connectivity index (χ0v) is 10.6. The molecule has 0 saturated heterocycles. The number of benzene rings is 1. The molecule has 0 aliphatic carbocycles. The first-order valence-corrected chi connectivity index (χ1v) is 5.85. The van der Waals surface area contributed by atoms with Gasteiger partial charge in [0, 0.05) is 5.02 Å². The van der Waals surface area contributed by atoms with Crippen LogP contribution in [-0.4, -0.2) is 33.0 Å². The van der Waals surface area contributed by atoms with Crippen molar-refractivity contribution in [3.63, 3.8) is 0 Å². The second-order valence-corrected chi connectivity index (χ2v) is 4.53. The van der Waals surface area contributed by atoms with Gasteiger partial charge in [-0.25, -0.2) is 4.98 Å². The van der Waals surface area contributed by atoms with Crippen molar-refractivity contribution in [1.29, 1.82) is 0 Å². The Balaban J connectivity index is 2.75. The lowest BCUT2D eigenvalue weighted by molar-refractivity contribution is 0.152. The number of fused-ring (bicyclic) bond motifs is 1. The molecule has 6 heteroatoms. The molecule has 2 aromatic rings. The van der Waals surface area contributed by atoms with E-state index >= 15 is 0 Å². The topological polar surface area (TPSA) is 75.4 Å². The van der Waals surface area contributed by atoms with E-state index in [-0.39, 0.29) is 18.8 Å². The Hall–Kier alpha value is -1.43. The molecular weight excluding hydrogens is 256 g/mol. The molecule has 0 unspecified atom stereocenters. The lowest BCUT2D eigenvalue weighted by Crippen LogP contribution is -2.29. The van der Waals surface area contributed by atoms with Gasteiger partial charge in [0.1, 0.15) is 0 Å². The number of aliphatic hydroxyl groups excluding tert-OH is 2. The van der Waals surface area contributed by atoms with Crippen LogP contribution in [0, 0.1) is 6.92 Å². The van der Waals surface area contributed by atoms with Gasteiger partial charge >= 0.3 is 0 Å². The Morgan fingerprint density at radius 1 is 1.39 bits per heavy atom. The molecule has 0 saturated carbocycles. The second-order valence-electron chi connectivity index (χ2n) is 4.09. The van der Waals surface area contributed by atoms with Gasteiger partial charge in [0.2, 0.25) is 0 Å². The van der Waals surface area contributed by atoms with Crippen LogP contribution in [0.2, 0.25) is 5.02 Å². The number of aliphatic hydroxyl groups is 2. The van der Waals surface area contributed by atoms with Crippen LogP contribution >= 0.6 is 11.6 Å². The molecule has 0 spiro atoms. The molecule has 0 bridgehead atoms. The Morgan fingerprint density at radius 3 is 2.67 bits per heavy atom. The Bertz CT molecular complexity index is 635.